The second kappa shape index (κ2) is 7.92. The van der Waals surface area contributed by atoms with Gasteiger partial charge >= 0.3 is 0 Å². The van der Waals surface area contributed by atoms with Crippen LogP contribution in [0.25, 0.3) is 0 Å². The highest BCUT2D eigenvalue weighted by Gasteiger charge is 2.43. The van der Waals surface area contributed by atoms with Gasteiger partial charge in [0.2, 0.25) is 0 Å². The Hall–Kier alpha value is -1.15. The van der Waals surface area contributed by atoms with Crippen molar-refractivity contribution >= 4 is 5.78 Å². The van der Waals surface area contributed by atoms with Crippen molar-refractivity contribution in [2.75, 3.05) is 7.11 Å². The second-order valence-electron chi connectivity index (χ2n) is 7.04. The van der Waals surface area contributed by atoms with E-state index in [-0.39, 0.29) is 23.2 Å². The first-order chi connectivity index (χ1) is 10.3. The molecule has 1 aliphatic rings. The maximum Gasteiger partial charge on any atom is 0.159 e. The zero-order valence-corrected chi connectivity index (χ0v) is 15.0. The smallest absolute Gasteiger partial charge is 0.159 e. The van der Waals surface area contributed by atoms with Crippen LogP contribution < -0.4 is 0 Å². The summed E-state index contributed by atoms with van der Waals surface area (Å²) < 4.78 is 5.82. The first kappa shape index (κ1) is 18.9. The van der Waals surface area contributed by atoms with Crippen molar-refractivity contribution in [1.29, 1.82) is 0 Å². The van der Waals surface area contributed by atoms with E-state index in [1.807, 2.05) is 0 Å². The van der Waals surface area contributed by atoms with Gasteiger partial charge in [0.1, 0.15) is 0 Å². The lowest BCUT2D eigenvalue weighted by atomic mass is 9.62. The normalized spacial score (nSPS) is 22.3. The topological polar surface area (TPSA) is 26.3 Å². The largest absolute Gasteiger partial charge is 0.377 e. The van der Waals surface area contributed by atoms with Crippen LogP contribution in [0.2, 0.25) is 0 Å². The van der Waals surface area contributed by atoms with Crippen LogP contribution in [0, 0.1) is 11.3 Å². The van der Waals surface area contributed by atoms with Crippen LogP contribution in [0.4, 0.5) is 0 Å². The zero-order chi connectivity index (χ0) is 16.9. The summed E-state index contributed by atoms with van der Waals surface area (Å²) >= 11 is 0. The van der Waals surface area contributed by atoms with Gasteiger partial charge in [-0.25, -0.2) is 0 Å². The van der Waals surface area contributed by atoms with Crippen LogP contribution in [0.15, 0.2) is 36.0 Å². The summed E-state index contributed by atoms with van der Waals surface area (Å²) in [4.78, 5) is 12.3. The number of ketones is 1. The maximum absolute atomic E-state index is 12.3. The molecule has 0 spiro atoms. The van der Waals surface area contributed by atoms with Crippen LogP contribution in [0.5, 0.6) is 0 Å². The summed E-state index contributed by atoms with van der Waals surface area (Å²) in [5, 5.41) is 0. The van der Waals surface area contributed by atoms with E-state index < -0.39 is 0 Å². The number of carbonyl (C=O) groups excluding carboxylic acids is 1. The van der Waals surface area contributed by atoms with Gasteiger partial charge < -0.3 is 4.74 Å². The number of ether oxygens (including phenoxy) is 1. The lowest BCUT2D eigenvalue weighted by Crippen LogP contribution is -2.40. The van der Waals surface area contributed by atoms with Gasteiger partial charge in [-0.15, -0.1) is 0 Å². The Balaban J connectivity index is 3.13. The van der Waals surface area contributed by atoms with E-state index in [2.05, 4.69) is 40.9 Å². The van der Waals surface area contributed by atoms with Gasteiger partial charge in [-0.2, -0.15) is 0 Å². The first-order valence-corrected chi connectivity index (χ1v) is 8.35. The van der Waals surface area contributed by atoms with Gasteiger partial charge in [0.25, 0.3) is 0 Å². The number of rotatable bonds is 8. The second-order valence-corrected chi connectivity index (χ2v) is 7.04. The molecule has 0 radical (unpaired) electrons. The van der Waals surface area contributed by atoms with E-state index in [1.165, 1.54) is 22.8 Å². The highest BCUT2D eigenvalue weighted by atomic mass is 16.5. The molecule has 2 unspecified atom stereocenters. The van der Waals surface area contributed by atoms with Crippen molar-refractivity contribution in [2.45, 2.75) is 65.9 Å². The Morgan fingerprint density at radius 1 is 1.50 bits per heavy atom. The molecule has 0 aromatic rings. The zero-order valence-electron chi connectivity index (χ0n) is 15.0. The predicted octanol–water partition coefficient (Wildman–Crippen LogP) is 5.26. The van der Waals surface area contributed by atoms with Gasteiger partial charge in [-0.05, 0) is 49.7 Å². The van der Waals surface area contributed by atoms with E-state index in [4.69, 9.17) is 4.74 Å². The van der Waals surface area contributed by atoms with Crippen molar-refractivity contribution in [1.82, 2.24) is 0 Å². The minimum Gasteiger partial charge on any atom is -0.377 e. The third-order valence-electron chi connectivity index (χ3n) is 5.06. The quantitative estimate of drug-likeness (QED) is 0.452. The maximum atomic E-state index is 12.3. The molecular weight excluding hydrogens is 272 g/mol. The summed E-state index contributed by atoms with van der Waals surface area (Å²) in [5.74, 6) is 0.151. The number of allylic oxidation sites excluding steroid dienone is 2. The van der Waals surface area contributed by atoms with Crippen molar-refractivity contribution in [3.05, 3.63) is 36.0 Å². The van der Waals surface area contributed by atoms with Crippen LogP contribution in [0.3, 0.4) is 0 Å². The average Bonchev–Trinajstić information content (AvgIpc) is 2.45. The van der Waals surface area contributed by atoms with Gasteiger partial charge in [0.05, 0.1) is 6.10 Å². The standard InChI is InChI=1S/C20H32O2/c1-8-10-14(3)13-18(22-7)19-15(4)11-12-16(17(21)9-2)20(19,5)6/h9,16,18H,2-3,8,10-13H2,1,4-7H3. The van der Waals surface area contributed by atoms with Gasteiger partial charge in [0.15, 0.2) is 5.78 Å². The molecule has 1 aliphatic carbocycles. The lowest BCUT2D eigenvalue weighted by molar-refractivity contribution is -0.121. The molecule has 0 aromatic heterocycles. The third kappa shape index (κ3) is 3.98. The van der Waals surface area contributed by atoms with Crippen molar-refractivity contribution in [3.8, 4) is 0 Å². The molecule has 0 aliphatic heterocycles. The fourth-order valence-corrected chi connectivity index (χ4v) is 3.95. The molecule has 0 N–H and O–H groups in total. The molecule has 0 saturated heterocycles. The number of methoxy groups -OCH3 is 1. The number of carbonyl (C=O) groups is 1. The molecule has 0 saturated carbocycles. The van der Waals surface area contributed by atoms with Crippen LogP contribution in [0.1, 0.15) is 59.8 Å². The Morgan fingerprint density at radius 2 is 2.14 bits per heavy atom. The summed E-state index contributed by atoms with van der Waals surface area (Å²) in [6, 6.07) is 0. The van der Waals surface area contributed by atoms with Crippen molar-refractivity contribution < 1.29 is 9.53 Å². The summed E-state index contributed by atoms with van der Waals surface area (Å²) in [5.41, 5.74) is 3.69. The van der Waals surface area contributed by atoms with Crippen LogP contribution in [-0.4, -0.2) is 19.0 Å². The number of hydrogen-bond donors (Lipinski definition) is 0. The minimum atomic E-state index is -0.194. The minimum absolute atomic E-state index is 0.000732. The van der Waals surface area contributed by atoms with Crippen molar-refractivity contribution in [3.63, 3.8) is 0 Å². The molecule has 1 rings (SSSR count). The van der Waals surface area contributed by atoms with Gasteiger partial charge in [-0.1, -0.05) is 51.5 Å². The summed E-state index contributed by atoms with van der Waals surface area (Å²) in [7, 11) is 1.76. The predicted molar refractivity (Wildman–Crippen MR) is 93.9 cm³/mol. The number of hydrogen-bond acceptors (Lipinski definition) is 2. The van der Waals surface area contributed by atoms with Gasteiger partial charge in [0, 0.05) is 13.0 Å². The molecular formula is C20H32O2. The van der Waals surface area contributed by atoms with Crippen LogP contribution in [-0.2, 0) is 9.53 Å². The first-order valence-electron chi connectivity index (χ1n) is 8.35. The van der Waals surface area contributed by atoms with E-state index in [0.29, 0.717) is 0 Å². The third-order valence-corrected chi connectivity index (χ3v) is 5.06. The molecule has 124 valence electrons. The Kier molecular flexibility index (Phi) is 6.80. The molecule has 0 fully saturated rings. The SMILES string of the molecule is C=CC(=O)C1CCC(C)=C(C(CC(=C)CCC)OC)C1(C)C. The lowest BCUT2D eigenvalue weighted by Gasteiger charge is -2.43. The Labute approximate surface area is 136 Å². The molecule has 2 nitrogen and oxygen atoms in total. The molecule has 2 heteroatoms. The Morgan fingerprint density at radius 3 is 2.64 bits per heavy atom. The molecule has 2 atom stereocenters. The van der Waals surface area contributed by atoms with E-state index in [0.717, 1.165) is 32.1 Å². The molecule has 22 heavy (non-hydrogen) atoms. The van der Waals surface area contributed by atoms with E-state index in [1.54, 1.807) is 7.11 Å². The summed E-state index contributed by atoms with van der Waals surface area (Å²) in [6.07, 6.45) is 6.34. The van der Waals surface area contributed by atoms with Gasteiger partial charge in [-0.3, -0.25) is 4.79 Å². The average molecular weight is 304 g/mol. The van der Waals surface area contributed by atoms with Crippen molar-refractivity contribution in [2.24, 2.45) is 11.3 Å². The molecule has 0 bridgehead atoms. The van der Waals surface area contributed by atoms with E-state index in [9.17, 15) is 4.79 Å². The highest BCUT2D eigenvalue weighted by molar-refractivity contribution is 5.92. The Bertz CT molecular complexity index is 468. The monoisotopic (exact) mass is 304 g/mol. The highest BCUT2D eigenvalue weighted by Crippen LogP contribution is 2.48. The molecule has 0 heterocycles. The fourth-order valence-electron chi connectivity index (χ4n) is 3.95. The van der Waals surface area contributed by atoms with Crippen LogP contribution >= 0.6 is 0 Å². The fraction of sp³-hybridized carbons (Fsp3) is 0.650. The molecule has 0 amide bonds. The molecule has 0 aromatic carbocycles. The summed E-state index contributed by atoms with van der Waals surface area (Å²) in [6.45, 7) is 16.5. The van der Waals surface area contributed by atoms with E-state index >= 15 is 0 Å².